The van der Waals surface area contributed by atoms with Crippen LogP contribution in [0.3, 0.4) is 0 Å². The van der Waals surface area contributed by atoms with Crippen LogP contribution in [0.4, 0.5) is 5.82 Å². The van der Waals surface area contributed by atoms with Crippen molar-refractivity contribution in [2.24, 2.45) is 0 Å². The fourth-order valence-electron chi connectivity index (χ4n) is 1.67. The number of thiazole rings is 1. The fourth-order valence-corrected chi connectivity index (χ4v) is 3.08. The Kier molecular flexibility index (Phi) is 2.53. The monoisotopic (exact) mass is 262 g/mol. The van der Waals surface area contributed by atoms with Crippen LogP contribution < -0.4 is 5.32 Å². The lowest BCUT2D eigenvalue weighted by atomic mass is 10.3. The van der Waals surface area contributed by atoms with E-state index in [-0.39, 0.29) is 0 Å². The number of aryl methyl sites for hydroxylation is 1. The van der Waals surface area contributed by atoms with Gasteiger partial charge in [0.05, 0.1) is 10.9 Å². The fraction of sp³-hybridized carbons (Fsp3) is 0.182. The van der Waals surface area contributed by atoms with Gasteiger partial charge in [-0.25, -0.2) is 15.0 Å². The number of hydrogen-bond acceptors (Lipinski definition) is 6. The van der Waals surface area contributed by atoms with Crippen LogP contribution in [0.5, 0.6) is 0 Å². The lowest BCUT2D eigenvalue weighted by Crippen LogP contribution is -1.97. The largest absolute Gasteiger partial charge is 0.372 e. The molecule has 0 radical (unpaired) electrons. The first-order valence-corrected chi connectivity index (χ1v) is 6.88. The van der Waals surface area contributed by atoms with Gasteiger partial charge in [0.2, 0.25) is 0 Å². The van der Waals surface area contributed by atoms with Crippen molar-refractivity contribution in [3.63, 3.8) is 0 Å². The van der Waals surface area contributed by atoms with Gasteiger partial charge in [0, 0.05) is 17.3 Å². The topological polar surface area (TPSA) is 50.7 Å². The maximum absolute atomic E-state index is 4.56. The zero-order valence-corrected chi connectivity index (χ0v) is 11.0. The molecule has 0 aliphatic rings. The summed E-state index contributed by atoms with van der Waals surface area (Å²) in [6.07, 6.45) is 0. The molecule has 0 saturated heterocycles. The van der Waals surface area contributed by atoms with Crippen molar-refractivity contribution in [2.75, 3.05) is 12.4 Å². The van der Waals surface area contributed by atoms with E-state index in [0.717, 1.165) is 21.7 Å². The standard InChI is InChI=1S/C11H10N4S2/c1-6-3-7-9(12-2)14-10(15-11(7)17-6)8-4-16-5-13-8/h3-5H,1-2H3,(H,12,14,15). The van der Waals surface area contributed by atoms with Gasteiger partial charge in [0.25, 0.3) is 0 Å². The molecule has 3 aromatic heterocycles. The molecule has 86 valence electrons. The summed E-state index contributed by atoms with van der Waals surface area (Å²) in [5.74, 6) is 1.55. The SMILES string of the molecule is CNc1nc(-c2cscn2)nc2sc(C)cc12. The molecule has 0 spiro atoms. The average molecular weight is 262 g/mol. The van der Waals surface area contributed by atoms with Gasteiger partial charge in [-0.3, -0.25) is 0 Å². The minimum Gasteiger partial charge on any atom is -0.372 e. The maximum Gasteiger partial charge on any atom is 0.182 e. The van der Waals surface area contributed by atoms with E-state index in [1.165, 1.54) is 4.88 Å². The molecule has 0 atom stereocenters. The van der Waals surface area contributed by atoms with Crippen molar-refractivity contribution in [2.45, 2.75) is 6.92 Å². The average Bonchev–Trinajstić information content (AvgIpc) is 2.94. The number of nitrogens with one attached hydrogen (secondary N) is 1. The molecule has 0 bridgehead atoms. The molecule has 0 aliphatic carbocycles. The molecule has 17 heavy (non-hydrogen) atoms. The third-order valence-corrected chi connectivity index (χ3v) is 3.95. The molecular weight excluding hydrogens is 252 g/mol. The Labute approximate surface area is 106 Å². The van der Waals surface area contributed by atoms with E-state index in [1.807, 2.05) is 12.4 Å². The predicted octanol–water partition coefficient (Wildman–Crippen LogP) is 3.16. The highest BCUT2D eigenvalue weighted by Gasteiger charge is 2.11. The van der Waals surface area contributed by atoms with Gasteiger partial charge < -0.3 is 5.32 Å². The van der Waals surface area contributed by atoms with Gasteiger partial charge in [-0.05, 0) is 13.0 Å². The summed E-state index contributed by atoms with van der Waals surface area (Å²) >= 11 is 3.23. The second kappa shape index (κ2) is 4.05. The molecule has 0 fully saturated rings. The minimum atomic E-state index is 0.685. The lowest BCUT2D eigenvalue weighted by Gasteiger charge is -2.02. The smallest absolute Gasteiger partial charge is 0.182 e. The highest BCUT2D eigenvalue weighted by molar-refractivity contribution is 7.18. The van der Waals surface area contributed by atoms with Crippen LogP contribution in [0, 0.1) is 6.92 Å². The van der Waals surface area contributed by atoms with Crippen LogP contribution in [0.25, 0.3) is 21.7 Å². The quantitative estimate of drug-likeness (QED) is 0.770. The Bertz CT molecular complexity index is 657. The van der Waals surface area contributed by atoms with Crippen molar-refractivity contribution in [3.05, 3.63) is 21.8 Å². The van der Waals surface area contributed by atoms with Crippen molar-refractivity contribution >= 4 is 38.7 Å². The molecule has 0 amide bonds. The van der Waals surface area contributed by atoms with Crippen LogP contribution >= 0.6 is 22.7 Å². The first kappa shape index (κ1) is 10.6. The van der Waals surface area contributed by atoms with E-state index < -0.39 is 0 Å². The predicted molar refractivity (Wildman–Crippen MR) is 72.8 cm³/mol. The first-order chi connectivity index (χ1) is 8.28. The second-order valence-electron chi connectivity index (χ2n) is 3.60. The number of fused-ring (bicyclic) bond motifs is 1. The van der Waals surface area contributed by atoms with E-state index in [0.29, 0.717) is 5.82 Å². The highest BCUT2D eigenvalue weighted by Crippen LogP contribution is 2.30. The number of rotatable bonds is 2. The van der Waals surface area contributed by atoms with E-state index in [1.54, 1.807) is 28.2 Å². The number of aromatic nitrogens is 3. The third-order valence-electron chi connectivity index (χ3n) is 2.41. The zero-order chi connectivity index (χ0) is 11.8. The van der Waals surface area contributed by atoms with Gasteiger partial charge in [-0.2, -0.15) is 0 Å². The van der Waals surface area contributed by atoms with Crippen molar-refractivity contribution in [3.8, 4) is 11.5 Å². The first-order valence-electron chi connectivity index (χ1n) is 5.12. The van der Waals surface area contributed by atoms with Crippen LogP contribution in [0.15, 0.2) is 17.0 Å². The number of hydrogen-bond donors (Lipinski definition) is 1. The zero-order valence-electron chi connectivity index (χ0n) is 9.39. The maximum atomic E-state index is 4.56. The van der Waals surface area contributed by atoms with Crippen LogP contribution in [0.1, 0.15) is 4.88 Å². The lowest BCUT2D eigenvalue weighted by molar-refractivity contribution is 1.19. The summed E-state index contributed by atoms with van der Waals surface area (Å²) in [6.45, 7) is 2.08. The van der Waals surface area contributed by atoms with Gasteiger partial charge in [0.1, 0.15) is 16.3 Å². The molecule has 3 rings (SSSR count). The van der Waals surface area contributed by atoms with Crippen LogP contribution in [-0.2, 0) is 0 Å². The Morgan fingerprint density at radius 2 is 2.18 bits per heavy atom. The summed E-state index contributed by atoms with van der Waals surface area (Å²) in [6, 6.07) is 2.11. The summed E-state index contributed by atoms with van der Waals surface area (Å²) < 4.78 is 0. The van der Waals surface area contributed by atoms with Crippen LogP contribution in [0.2, 0.25) is 0 Å². The normalized spacial score (nSPS) is 10.9. The number of thiophene rings is 1. The molecular formula is C11H10N4S2. The van der Waals surface area contributed by atoms with Gasteiger partial charge in [-0.15, -0.1) is 22.7 Å². The van der Waals surface area contributed by atoms with Crippen molar-refractivity contribution < 1.29 is 0 Å². The summed E-state index contributed by atoms with van der Waals surface area (Å²) in [4.78, 5) is 15.6. The van der Waals surface area contributed by atoms with Crippen LogP contribution in [-0.4, -0.2) is 22.0 Å². The summed E-state index contributed by atoms with van der Waals surface area (Å²) in [5.41, 5.74) is 2.63. The van der Waals surface area contributed by atoms with E-state index in [9.17, 15) is 0 Å². The van der Waals surface area contributed by atoms with E-state index >= 15 is 0 Å². The molecule has 3 aromatic rings. The van der Waals surface area contributed by atoms with Crippen molar-refractivity contribution in [1.29, 1.82) is 0 Å². The van der Waals surface area contributed by atoms with E-state index in [4.69, 9.17) is 0 Å². The minimum absolute atomic E-state index is 0.685. The third kappa shape index (κ3) is 1.79. The Morgan fingerprint density at radius 3 is 2.88 bits per heavy atom. The van der Waals surface area contributed by atoms with E-state index in [2.05, 4.69) is 33.3 Å². The summed E-state index contributed by atoms with van der Waals surface area (Å²) in [5, 5.41) is 6.15. The molecule has 0 aliphatic heterocycles. The highest BCUT2D eigenvalue weighted by atomic mass is 32.1. The molecule has 4 nitrogen and oxygen atoms in total. The molecule has 3 heterocycles. The molecule has 0 saturated carbocycles. The van der Waals surface area contributed by atoms with Crippen molar-refractivity contribution in [1.82, 2.24) is 15.0 Å². The molecule has 0 unspecified atom stereocenters. The summed E-state index contributed by atoms with van der Waals surface area (Å²) in [7, 11) is 1.87. The second-order valence-corrected chi connectivity index (χ2v) is 5.55. The molecule has 6 heteroatoms. The Balaban J connectivity index is 2.28. The Hall–Kier alpha value is -1.53. The molecule has 0 aromatic carbocycles. The number of anilines is 1. The number of nitrogens with zero attached hydrogens (tertiary/aromatic N) is 3. The Morgan fingerprint density at radius 1 is 1.29 bits per heavy atom. The van der Waals surface area contributed by atoms with Gasteiger partial charge in [0.15, 0.2) is 5.82 Å². The van der Waals surface area contributed by atoms with Gasteiger partial charge in [-0.1, -0.05) is 0 Å². The van der Waals surface area contributed by atoms with Gasteiger partial charge >= 0.3 is 0 Å². The molecule has 1 N–H and O–H groups in total.